The number of carboxylic acid groups (broad SMARTS) is 1. The molecule has 2 aromatic rings. The molecule has 0 aliphatic heterocycles. The summed E-state index contributed by atoms with van der Waals surface area (Å²) in [6.45, 7) is 6.04. The minimum absolute atomic E-state index is 0.0303. The van der Waals surface area contributed by atoms with E-state index in [-0.39, 0.29) is 37.3 Å². The number of fused-ring (bicyclic) bond motifs is 3. The molecule has 7 heteroatoms. The molecular formula is C26H32N2O5. The van der Waals surface area contributed by atoms with Crippen molar-refractivity contribution < 1.29 is 24.2 Å². The molecule has 0 saturated heterocycles. The van der Waals surface area contributed by atoms with Gasteiger partial charge in [-0.1, -0.05) is 55.5 Å². The predicted octanol–water partition coefficient (Wildman–Crippen LogP) is 4.41. The number of carbonyl (C=O) groups is 3. The lowest BCUT2D eigenvalue weighted by atomic mass is 9.98. The lowest BCUT2D eigenvalue weighted by Gasteiger charge is -2.29. The zero-order valence-corrected chi connectivity index (χ0v) is 19.4. The molecule has 2 aromatic carbocycles. The van der Waals surface area contributed by atoms with E-state index < -0.39 is 18.1 Å². The molecule has 2 atom stereocenters. The van der Waals surface area contributed by atoms with Gasteiger partial charge in [-0.05, 0) is 42.5 Å². The maximum absolute atomic E-state index is 12.7. The number of carbonyl (C=O) groups excluding carboxylic acids is 2. The third kappa shape index (κ3) is 5.72. The normalized spacial score (nSPS) is 14.0. The molecule has 1 unspecified atom stereocenters. The van der Waals surface area contributed by atoms with Crippen LogP contribution in [0.5, 0.6) is 0 Å². The number of benzene rings is 2. The average Bonchev–Trinajstić information content (AvgIpc) is 3.11. The zero-order chi connectivity index (χ0) is 24.0. The number of aliphatic carboxylic acids is 1. The van der Waals surface area contributed by atoms with Crippen LogP contribution in [0.3, 0.4) is 0 Å². The third-order valence-electron chi connectivity index (χ3n) is 6.24. The zero-order valence-electron chi connectivity index (χ0n) is 19.4. The molecule has 2 N–H and O–H groups in total. The summed E-state index contributed by atoms with van der Waals surface area (Å²) in [5.41, 5.74) is 4.60. The number of amides is 2. The van der Waals surface area contributed by atoms with E-state index in [1.165, 1.54) is 4.90 Å². The Balaban J connectivity index is 1.59. The Morgan fingerprint density at radius 1 is 1.00 bits per heavy atom. The minimum Gasteiger partial charge on any atom is -0.481 e. The van der Waals surface area contributed by atoms with E-state index >= 15 is 0 Å². The fourth-order valence-corrected chi connectivity index (χ4v) is 4.53. The van der Waals surface area contributed by atoms with Gasteiger partial charge in [-0.25, -0.2) is 4.79 Å². The maximum Gasteiger partial charge on any atom is 0.407 e. The first-order valence-corrected chi connectivity index (χ1v) is 11.5. The van der Waals surface area contributed by atoms with E-state index in [0.29, 0.717) is 13.0 Å². The highest BCUT2D eigenvalue weighted by Crippen LogP contribution is 2.44. The van der Waals surface area contributed by atoms with Crippen molar-refractivity contribution in [3.8, 4) is 11.1 Å². The fourth-order valence-electron chi connectivity index (χ4n) is 4.53. The molecule has 0 radical (unpaired) electrons. The van der Waals surface area contributed by atoms with Gasteiger partial charge < -0.3 is 20.1 Å². The van der Waals surface area contributed by atoms with Gasteiger partial charge in [-0.2, -0.15) is 0 Å². The Kier molecular flexibility index (Phi) is 8.09. The van der Waals surface area contributed by atoms with Crippen LogP contribution >= 0.6 is 0 Å². The number of hydrogen-bond acceptors (Lipinski definition) is 4. The first kappa shape index (κ1) is 24.3. The summed E-state index contributed by atoms with van der Waals surface area (Å²) in [5.74, 6) is -1.16. The molecule has 0 spiro atoms. The number of ether oxygens (including phenoxy) is 1. The van der Waals surface area contributed by atoms with Crippen LogP contribution in [0, 0.1) is 0 Å². The first-order valence-electron chi connectivity index (χ1n) is 11.5. The van der Waals surface area contributed by atoms with Crippen LogP contribution in [0.1, 0.15) is 57.1 Å². The lowest BCUT2D eigenvalue weighted by molar-refractivity contribution is -0.140. The summed E-state index contributed by atoms with van der Waals surface area (Å²) in [7, 11) is 0. The molecule has 7 nitrogen and oxygen atoms in total. The lowest BCUT2D eigenvalue weighted by Crippen LogP contribution is -2.44. The van der Waals surface area contributed by atoms with E-state index in [2.05, 4.69) is 29.6 Å². The van der Waals surface area contributed by atoms with Gasteiger partial charge in [0.1, 0.15) is 6.61 Å². The second-order valence-electron chi connectivity index (χ2n) is 8.41. The fraction of sp³-hybridized carbons (Fsp3) is 0.423. The van der Waals surface area contributed by atoms with Crippen molar-refractivity contribution in [2.24, 2.45) is 0 Å². The first-order chi connectivity index (χ1) is 15.8. The summed E-state index contributed by atoms with van der Waals surface area (Å²) in [5, 5.41) is 11.8. The van der Waals surface area contributed by atoms with Crippen molar-refractivity contribution in [2.75, 3.05) is 13.2 Å². The van der Waals surface area contributed by atoms with Crippen LogP contribution in [0.25, 0.3) is 11.1 Å². The maximum atomic E-state index is 12.7. The highest BCUT2D eigenvalue weighted by molar-refractivity contribution is 5.80. The Bertz CT molecular complexity index is 960. The smallest absolute Gasteiger partial charge is 0.407 e. The van der Waals surface area contributed by atoms with Gasteiger partial charge >= 0.3 is 12.1 Å². The van der Waals surface area contributed by atoms with Crippen molar-refractivity contribution in [2.45, 2.75) is 58.0 Å². The molecule has 3 rings (SSSR count). The van der Waals surface area contributed by atoms with Gasteiger partial charge in [-0.15, -0.1) is 0 Å². The molecule has 1 aliphatic rings. The number of nitrogens with one attached hydrogen (secondary N) is 1. The average molecular weight is 453 g/mol. The quantitative estimate of drug-likeness (QED) is 0.557. The highest BCUT2D eigenvalue weighted by atomic mass is 16.5. The van der Waals surface area contributed by atoms with E-state index in [1.807, 2.05) is 38.1 Å². The predicted molar refractivity (Wildman–Crippen MR) is 126 cm³/mol. The summed E-state index contributed by atoms with van der Waals surface area (Å²) in [4.78, 5) is 37.8. The molecule has 0 saturated carbocycles. The van der Waals surface area contributed by atoms with Crippen LogP contribution in [-0.2, 0) is 14.3 Å². The van der Waals surface area contributed by atoms with Gasteiger partial charge in [0.2, 0.25) is 5.91 Å². The standard InChI is InChI=1S/C26H32N2O5/c1-4-18(15-24(29)28(5-2)17(3)14-25(30)31)27-26(32)33-16-23-21-12-8-6-10-19(21)20-11-7-9-13-22(20)23/h6-13,17-18,23H,4-5,14-16H2,1-3H3,(H,27,32)(H,30,31)/t17?,18-/m1/s1. The van der Waals surface area contributed by atoms with E-state index in [4.69, 9.17) is 9.84 Å². The van der Waals surface area contributed by atoms with Gasteiger partial charge in [0.05, 0.1) is 6.42 Å². The van der Waals surface area contributed by atoms with Crippen LogP contribution in [0.2, 0.25) is 0 Å². The number of alkyl carbamates (subject to hydrolysis) is 1. The van der Waals surface area contributed by atoms with Gasteiger partial charge in [0, 0.05) is 31.0 Å². The summed E-state index contributed by atoms with van der Waals surface area (Å²) >= 11 is 0. The highest BCUT2D eigenvalue weighted by Gasteiger charge is 2.29. The number of carboxylic acids is 1. The second kappa shape index (κ2) is 11.0. The van der Waals surface area contributed by atoms with Crippen LogP contribution in [-0.4, -0.2) is 53.2 Å². The number of hydrogen-bond donors (Lipinski definition) is 2. The Labute approximate surface area is 194 Å². The van der Waals surface area contributed by atoms with Gasteiger partial charge in [0.25, 0.3) is 0 Å². The molecule has 1 aliphatic carbocycles. The molecular weight excluding hydrogens is 420 g/mol. The van der Waals surface area contributed by atoms with E-state index in [0.717, 1.165) is 22.3 Å². The molecule has 33 heavy (non-hydrogen) atoms. The second-order valence-corrected chi connectivity index (χ2v) is 8.41. The number of nitrogens with zero attached hydrogens (tertiary/aromatic N) is 1. The van der Waals surface area contributed by atoms with Gasteiger partial charge in [0.15, 0.2) is 0 Å². The molecule has 176 valence electrons. The molecule has 0 aromatic heterocycles. The molecule has 0 heterocycles. The summed E-state index contributed by atoms with van der Waals surface area (Å²) in [6.07, 6.45) is -0.0201. The van der Waals surface area contributed by atoms with Crippen molar-refractivity contribution >= 4 is 18.0 Å². The van der Waals surface area contributed by atoms with E-state index in [9.17, 15) is 14.4 Å². The van der Waals surface area contributed by atoms with Crippen molar-refractivity contribution in [3.63, 3.8) is 0 Å². The molecule has 0 bridgehead atoms. The van der Waals surface area contributed by atoms with Crippen LogP contribution in [0.4, 0.5) is 4.79 Å². The summed E-state index contributed by atoms with van der Waals surface area (Å²) < 4.78 is 5.59. The SMILES string of the molecule is CC[C@H](CC(=O)N(CC)C(C)CC(=O)O)NC(=O)OCC1c2ccccc2-c2ccccc21. The van der Waals surface area contributed by atoms with Crippen LogP contribution < -0.4 is 5.32 Å². The molecule has 2 amide bonds. The Hall–Kier alpha value is -3.35. The van der Waals surface area contributed by atoms with Crippen molar-refractivity contribution in [1.82, 2.24) is 10.2 Å². The van der Waals surface area contributed by atoms with Gasteiger partial charge in [-0.3, -0.25) is 9.59 Å². The molecule has 0 fully saturated rings. The van der Waals surface area contributed by atoms with Crippen molar-refractivity contribution in [1.29, 1.82) is 0 Å². The van der Waals surface area contributed by atoms with E-state index in [1.54, 1.807) is 6.92 Å². The topological polar surface area (TPSA) is 95.9 Å². The number of rotatable bonds is 10. The summed E-state index contributed by atoms with van der Waals surface area (Å²) in [6, 6.07) is 15.5. The van der Waals surface area contributed by atoms with Crippen LogP contribution in [0.15, 0.2) is 48.5 Å². The largest absolute Gasteiger partial charge is 0.481 e. The third-order valence-corrected chi connectivity index (χ3v) is 6.24. The Morgan fingerprint density at radius 3 is 2.09 bits per heavy atom. The Morgan fingerprint density at radius 2 is 1.58 bits per heavy atom. The monoisotopic (exact) mass is 452 g/mol. The van der Waals surface area contributed by atoms with Crippen molar-refractivity contribution in [3.05, 3.63) is 59.7 Å². The minimum atomic E-state index is -0.947.